The number of halogens is 1. The molecule has 1 amide bonds. The lowest BCUT2D eigenvalue weighted by Gasteiger charge is -2.33. The number of nitrogens with one attached hydrogen (secondary N) is 1. The fourth-order valence-electron chi connectivity index (χ4n) is 3.09. The minimum Gasteiger partial charge on any atom is -0.464 e. The van der Waals surface area contributed by atoms with Crippen molar-refractivity contribution in [2.45, 2.75) is 45.1 Å². The van der Waals surface area contributed by atoms with Gasteiger partial charge in [-0.15, -0.1) is 11.3 Å². The molecule has 1 aliphatic heterocycles. The molecule has 26 heavy (non-hydrogen) atoms. The number of carbonyl (C=O) groups excluding carboxylic acids is 2. The van der Waals surface area contributed by atoms with Gasteiger partial charge in [-0.05, 0) is 61.5 Å². The van der Waals surface area contributed by atoms with E-state index in [1.54, 1.807) is 16.2 Å². The van der Waals surface area contributed by atoms with Gasteiger partial charge in [0.15, 0.2) is 0 Å². The molecule has 1 fully saturated rings. The molecule has 0 atom stereocenters. The molecule has 2 aromatic heterocycles. The predicted molar refractivity (Wildman–Crippen MR) is 105 cm³/mol. The Labute approximate surface area is 165 Å². The molecule has 1 N–H and O–H groups in total. The molecule has 6 nitrogen and oxygen atoms in total. The lowest BCUT2D eigenvalue weighted by molar-refractivity contribution is 0.0205. The molecule has 3 heterocycles. The maximum Gasteiger partial charge on any atom is 0.410 e. The minimum absolute atomic E-state index is 0.236. The number of thiophene rings is 1. The molecule has 0 bridgehead atoms. The van der Waals surface area contributed by atoms with Gasteiger partial charge in [0.05, 0.1) is 21.8 Å². The summed E-state index contributed by atoms with van der Waals surface area (Å²) in [6, 6.07) is 2.10. The van der Waals surface area contributed by atoms with Crippen LogP contribution in [0.25, 0.3) is 10.2 Å². The molecule has 0 saturated carbocycles. The number of carbonyl (C=O) groups is 2. The Hall–Kier alpha value is -1.54. The predicted octanol–water partition coefficient (Wildman–Crippen LogP) is 4.89. The Morgan fingerprint density at radius 1 is 1.31 bits per heavy atom. The van der Waals surface area contributed by atoms with Gasteiger partial charge in [0, 0.05) is 18.0 Å². The van der Waals surface area contributed by atoms with Crippen molar-refractivity contribution in [1.82, 2.24) is 9.88 Å². The number of esters is 1. The molecule has 142 valence electrons. The van der Waals surface area contributed by atoms with Crippen LogP contribution in [0.4, 0.5) is 4.79 Å². The molecule has 1 saturated heterocycles. The normalized spacial score (nSPS) is 16.1. The Kier molecular flexibility index (Phi) is 5.35. The zero-order chi connectivity index (χ0) is 19.1. The van der Waals surface area contributed by atoms with Crippen LogP contribution in [0.2, 0.25) is 0 Å². The van der Waals surface area contributed by atoms with E-state index in [2.05, 4.69) is 27.0 Å². The molecule has 8 heteroatoms. The lowest BCUT2D eigenvalue weighted by atomic mass is 9.95. The van der Waals surface area contributed by atoms with E-state index >= 15 is 0 Å². The van der Waals surface area contributed by atoms with Crippen molar-refractivity contribution < 1.29 is 19.1 Å². The highest BCUT2D eigenvalue weighted by molar-refractivity contribution is 9.10. The fourth-order valence-corrected chi connectivity index (χ4v) is 5.03. The summed E-state index contributed by atoms with van der Waals surface area (Å²) in [7, 11) is 1.37. The van der Waals surface area contributed by atoms with E-state index in [1.807, 2.05) is 20.8 Å². The van der Waals surface area contributed by atoms with Crippen molar-refractivity contribution >= 4 is 49.5 Å². The minimum atomic E-state index is -0.468. The van der Waals surface area contributed by atoms with Gasteiger partial charge >= 0.3 is 12.1 Å². The third-order valence-electron chi connectivity index (χ3n) is 4.37. The van der Waals surface area contributed by atoms with Crippen LogP contribution in [0.15, 0.2) is 10.5 Å². The first-order valence-electron chi connectivity index (χ1n) is 8.56. The number of rotatable bonds is 2. The van der Waals surface area contributed by atoms with Gasteiger partial charge in [0.25, 0.3) is 0 Å². The molecule has 1 aliphatic rings. The SMILES string of the molecule is COC(=O)c1[nH]c2cc(C3CCN(C(=O)OC(C)(C)C)CC3)sc2c1Br. The highest BCUT2D eigenvalue weighted by Gasteiger charge is 2.29. The molecule has 0 unspecified atom stereocenters. The van der Waals surface area contributed by atoms with Gasteiger partial charge in [0.1, 0.15) is 11.3 Å². The zero-order valence-electron chi connectivity index (χ0n) is 15.3. The second-order valence-corrected chi connectivity index (χ2v) is 9.32. The number of fused-ring (bicyclic) bond motifs is 1. The van der Waals surface area contributed by atoms with E-state index in [1.165, 1.54) is 12.0 Å². The number of amides is 1. The third-order valence-corrected chi connectivity index (χ3v) is 6.74. The van der Waals surface area contributed by atoms with E-state index in [-0.39, 0.29) is 12.1 Å². The summed E-state index contributed by atoms with van der Waals surface area (Å²) in [5.41, 5.74) is 0.913. The van der Waals surface area contributed by atoms with Crippen LogP contribution in [0, 0.1) is 0 Å². The molecular formula is C18H23BrN2O4S. The zero-order valence-corrected chi connectivity index (χ0v) is 17.8. The number of ether oxygens (including phenoxy) is 2. The summed E-state index contributed by atoms with van der Waals surface area (Å²) >= 11 is 5.17. The molecule has 2 aromatic rings. The molecule has 0 radical (unpaired) electrons. The van der Waals surface area contributed by atoms with E-state index < -0.39 is 5.60 Å². The summed E-state index contributed by atoms with van der Waals surface area (Å²) in [6.45, 7) is 7.03. The Balaban J connectivity index is 1.68. The van der Waals surface area contributed by atoms with Crippen LogP contribution in [0.5, 0.6) is 0 Å². The van der Waals surface area contributed by atoms with Crippen LogP contribution in [0.3, 0.4) is 0 Å². The molecule has 0 aromatic carbocycles. The van der Waals surface area contributed by atoms with Gasteiger partial charge in [-0.1, -0.05) is 0 Å². The molecule has 0 spiro atoms. The largest absolute Gasteiger partial charge is 0.464 e. The summed E-state index contributed by atoms with van der Waals surface area (Å²) < 4.78 is 12.0. The van der Waals surface area contributed by atoms with Crippen molar-refractivity contribution in [3.8, 4) is 0 Å². The van der Waals surface area contributed by atoms with Crippen LogP contribution in [-0.2, 0) is 9.47 Å². The van der Waals surface area contributed by atoms with Gasteiger partial charge in [-0.25, -0.2) is 9.59 Å². The number of hydrogen-bond donors (Lipinski definition) is 1. The van der Waals surface area contributed by atoms with E-state index in [9.17, 15) is 9.59 Å². The van der Waals surface area contributed by atoms with Crippen molar-refractivity contribution in [1.29, 1.82) is 0 Å². The lowest BCUT2D eigenvalue weighted by Crippen LogP contribution is -2.41. The number of nitrogens with zero attached hydrogens (tertiary/aromatic N) is 1. The highest BCUT2D eigenvalue weighted by Crippen LogP contribution is 2.40. The monoisotopic (exact) mass is 442 g/mol. The van der Waals surface area contributed by atoms with E-state index in [0.29, 0.717) is 24.7 Å². The van der Waals surface area contributed by atoms with Gasteiger partial charge < -0.3 is 19.4 Å². The number of methoxy groups -OCH3 is 1. The van der Waals surface area contributed by atoms with Crippen LogP contribution in [-0.4, -0.2) is 47.7 Å². The van der Waals surface area contributed by atoms with E-state index in [4.69, 9.17) is 9.47 Å². The second kappa shape index (κ2) is 7.23. The van der Waals surface area contributed by atoms with Crippen molar-refractivity contribution in [2.24, 2.45) is 0 Å². The molecular weight excluding hydrogens is 420 g/mol. The number of piperidine rings is 1. The van der Waals surface area contributed by atoms with Crippen LogP contribution in [0.1, 0.15) is 54.9 Å². The fraction of sp³-hybridized carbons (Fsp3) is 0.556. The summed E-state index contributed by atoms with van der Waals surface area (Å²) in [5.74, 6) is 0.0282. The topological polar surface area (TPSA) is 71.6 Å². The smallest absolute Gasteiger partial charge is 0.410 e. The summed E-state index contributed by atoms with van der Waals surface area (Å²) in [4.78, 5) is 30.1. The quantitative estimate of drug-likeness (QED) is 0.671. The van der Waals surface area contributed by atoms with Crippen LogP contribution < -0.4 is 0 Å². The first-order chi connectivity index (χ1) is 12.2. The molecule has 0 aliphatic carbocycles. The standard InChI is InChI=1S/C18H23BrN2O4S/c1-18(2,3)25-17(23)21-7-5-10(6-8-21)12-9-11-15(26-12)13(19)14(20-11)16(22)24-4/h9-10,20H,5-8H2,1-4H3. The summed E-state index contributed by atoms with van der Waals surface area (Å²) in [6.07, 6.45) is 1.58. The van der Waals surface area contributed by atoms with E-state index in [0.717, 1.165) is 27.5 Å². The van der Waals surface area contributed by atoms with Gasteiger partial charge in [-0.2, -0.15) is 0 Å². The Morgan fingerprint density at radius 2 is 1.96 bits per heavy atom. The summed E-state index contributed by atoms with van der Waals surface area (Å²) in [5, 5.41) is 0. The number of H-pyrrole nitrogens is 1. The average molecular weight is 443 g/mol. The number of aromatic amines is 1. The van der Waals surface area contributed by atoms with Gasteiger partial charge in [0.2, 0.25) is 0 Å². The van der Waals surface area contributed by atoms with Crippen LogP contribution >= 0.6 is 27.3 Å². The third kappa shape index (κ3) is 3.91. The maximum atomic E-state index is 12.2. The number of likely N-dealkylation sites (tertiary alicyclic amines) is 1. The number of hydrogen-bond acceptors (Lipinski definition) is 5. The molecule has 3 rings (SSSR count). The average Bonchev–Trinajstić information content (AvgIpc) is 3.12. The van der Waals surface area contributed by atoms with Crippen molar-refractivity contribution in [3.63, 3.8) is 0 Å². The first-order valence-corrected chi connectivity index (χ1v) is 10.2. The number of aromatic nitrogens is 1. The first kappa shape index (κ1) is 19.2. The second-order valence-electron chi connectivity index (χ2n) is 7.44. The van der Waals surface area contributed by atoms with Gasteiger partial charge in [-0.3, -0.25) is 0 Å². The Morgan fingerprint density at radius 3 is 2.50 bits per heavy atom. The van der Waals surface area contributed by atoms with Crippen molar-refractivity contribution in [2.75, 3.05) is 20.2 Å². The highest BCUT2D eigenvalue weighted by atomic mass is 79.9. The Bertz CT molecular complexity index is 828. The maximum absolute atomic E-state index is 12.2. The van der Waals surface area contributed by atoms with Crippen molar-refractivity contribution in [3.05, 3.63) is 21.1 Å².